The second-order valence-corrected chi connectivity index (χ2v) is 5.56. The van der Waals surface area contributed by atoms with E-state index in [1.54, 1.807) is 17.4 Å². The van der Waals surface area contributed by atoms with Crippen molar-refractivity contribution in [3.05, 3.63) is 46.0 Å². The summed E-state index contributed by atoms with van der Waals surface area (Å²) in [5.41, 5.74) is 0. The number of likely N-dealkylation sites (tertiary alicyclic amines) is 1. The van der Waals surface area contributed by atoms with Crippen molar-refractivity contribution in [1.29, 1.82) is 0 Å². The quantitative estimate of drug-likeness (QED) is 0.827. The van der Waals surface area contributed by atoms with Crippen molar-refractivity contribution in [2.24, 2.45) is 0 Å². The first kappa shape index (κ1) is 11.5. The van der Waals surface area contributed by atoms with Crippen LogP contribution >= 0.6 is 11.3 Å². The van der Waals surface area contributed by atoms with Gasteiger partial charge in [-0.15, -0.1) is 11.3 Å². The van der Waals surface area contributed by atoms with Gasteiger partial charge in [0.2, 0.25) is 0 Å². The number of amides is 1. The Kier molecular flexibility index (Phi) is 2.96. The van der Waals surface area contributed by atoms with Crippen LogP contribution < -0.4 is 0 Å². The zero-order valence-corrected chi connectivity index (χ0v) is 11.1. The molecule has 0 aromatic carbocycles. The maximum atomic E-state index is 12.4. The highest BCUT2D eigenvalue weighted by atomic mass is 32.1. The topological polar surface area (TPSA) is 33.5 Å². The van der Waals surface area contributed by atoms with Crippen molar-refractivity contribution in [2.45, 2.75) is 25.8 Å². The van der Waals surface area contributed by atoms with E-state index in [4.69, 9.17) is 4.42 Å². The third-order valence-corrected chi connectivity index (χ3v) is 4.31. The summed E-state index contributed by atoms with van der Waals surface area (Å²) in [6.45, 7) is 2.68. The van der Waals surface area contributed by atoms with Crippen molar-refractivity contribution in [3.63, 3.8) is 0 Å². The number of hydrogen-bond donors (Lipinski definition) is 0. The zero-order valence-electron chi connectivity index (χ0n) is 10.3. The normalized spacial score (nSPS) is 19.4. The Morgan fingerprint density at radius 3 is 3.00 bits per heavy atom. The second-order valence-electron chi connectivity index (χ2n) is 4.58. The minimum Gasteiger partial charge on any atom is -0.456 e. The highest BCUT2D eigenvalue weighted by Gasteiger charge is 2.32. The van der Waals surface area contributed by atoms with Gasteiger partial charge in [0.1, 0.15) is 5.76 Å². The number of aryl methyl sites for hydroxylation is 1. The highest BCUT2D eigenvalue weighted by Crippen LogP contribution is 2.35. The SMILES string of the molecule is Cc1ccc(C(=O)N2CCCC2c2cccs2)o1. The molecule has 0 radical (unpaired) electrons. The summed E-state index contributed by atoms with van der Waals surface area (Å²) in [6, 6.07) is 7.97. The standard InChI is InChI=1S/C14H15NO2S/c1-10-6-7-12(17-10)14(16)15-8-2-4-11(15)13-5-3-9-18-13/h3,5-7,9,11H,2,4,8H2,1H3. The molecule has 3 nitrogen and oxygen atoms in total. The molecular formula is C14H15NO2S. The van der Waals surface area contributed by atoms with E-state index in [2.05, 4.69) is 11.4 Å². The third kappa shape index (κ3) is 1.97. The molecule has 0 spiro atoms. The molecule has 1 aliphatic heterocycles. The van der Waals surface area contributed by atoms with E-state index in [1.807, 2.05) is 24.0 Å². The van der Waals surface area contributed by atoms with E-state index in [0.717, 1.165) is 25.1 Å². The lowest BCUT2D eigenvalue weighted by Crippen LogP contribution is -2.29. The lowest BCUT2D eigenvalue weighted by molar-refractivity contribution is 0.0704. The van der Waals surface area contributed by atoms with E-state index >= 15 is 0 Å². The number of thiophene rings is 1. The van der Waals surface area contributed by atoms with Crippen LogP contribution in [0.1, 0.15) is 40.1 Å². The van der Waals surface area contributed by atoms with Gasteiger partial charge >= 0.3 is 0 Å². The average Bonchev–Trinajstić information content (AvgIpc) is 3.08. The van der Waals surface area contributed by atoms with Crippen molar-refractivity contribution >= 4 is 17.2 Å². The summed E-state index contributed by atoms with van der Waals surface area (Å²) in [5.74, 6) is 1.25. The molecule has 3 heterocycles. The van der Waals surface area contributed by atoms with E-state index < -0.39 is 0 Å². The first-order valence-corrected chi connectivity index (χ1v) is 7.04. The Hall–Kier alpha value is -1.55. The molecule has 1 amide bonds. The molecule has 1 unspecified atom stereocenters. The maximum absolute atomic E-state index is 12.4. The molecule has 1 saturated heterocycles. The van der Waals surface area contributed by atoms with Gasteiger partial charge in [-0.1, -0.05) is 6.07 Å². The predicted octanol–water partition coefficient (Wildman–Crippen LogP) is 3.63. The Bertz CT molecular complexity index is 544. The van der Waals surface area contributed by atoms with Crippen LogP contribution in [-0.2, 0) is 0 Å². The van der Waals surface area contributed by atoms with E-state index in [9.17, 15) is 4.79 Å². The zero-order chi connectivity index (χ0) is 12.5. The van der Waals surface area contributed by atoms with Crippen molar-refractivity contribution in [1.82, 2.24) is 4.90 Å². The van der Waals surface area contributed by atoms with Crippen molar-refractivity contribution in [2.75, 3.05) is 6.54 Å². The van der Waals surface area contributed by atoms with Crippen LogP contribution in [0, 0.1) is 6.92 Å². The summed E-state index contributed by atoms with van der Waals surface area (Å²) in [7, 11) is 0. The van der Waals surface area contributed by atoms with Crippen LogP contribution in [0.3, 0.4) is 0 Å². The molecule has 0 saturated carbocycles. The summed E-state index contributed by atoms with van der Waals surface area (Å²) in [5, 5.41) is 2.06. The molecule has 1 fully saturated rings. The largest absolute Gasteiger partial charge is 0.456 e. The number of hydrogen-bond acceptors (Lipinski definition) is 3. The van der Waals surface area contributed by atoms with Gasteiger partial charge in [0.15, 0.2) is 5.76 Å². The number of carbonyl (C=O) groups is 1. The fourth-order valence-electron chi connectivity index (χ4n) is 2.48. The van der Waals surface area contributed by atoms with Gasteiger partial charge in [0.05, 0.1) is 6.04 Å². The molecule has 94 valence electrons. The van der Waals surface area contributed by atoms with Gasteiger partial charge in [-0.25, -0.2) is 0 Å². The van der Waals surface area contributed by atoms with Crippen molar-refractivity contribution < 1.29 is 9.21 Å². The summed E-state index contributed by atoms with van der Waals surface area (Å²) >= 11 is 1.72. The van der Waals surface area contributed by atoms with Gasteiger partial charge in [0.25, 0.3) is 5.91 Å². The predicted molar refractivity (Wildman–Crippen MR) is 70.8 cm³/mol. The molecular weight excluding hydrogens is 246 g/mol. The highest BCUT2D eigenvalue weighted by molar-refractivity contribution is 7.10. The monoisotopic (exact) mass is 261 g/mol. The molecule has 1 atom stereocenters. The minimum atomic E-state index is 0.0130. The summed E-state index contributed by atoms with van der Waals surface area (Å²) in [4.78, 5) is 15.6. The van der Waals surface area contributed by atoms with Gasteiger partial charge in [-0.3, -0.25) is 4.79 Å². The third-order valence-electron chi connectivity index (χ3n) is 3.34. The van der Waals surface area contributed by atoms with E-state index in [1.165, 1.54) is 4.88 Å². The maximum Gasteiger partial charge on any atom is 0.290 e. The number of furan rings is 1. The van der Waals surface area contributed by atoms with E-state index in [-0.39, 0.29) is 11.9 Å². The number of nitrogens with zero attached hydrogens (tertiary/aromatic N) is 1. The lowest BCUT2D eigenvalue weighted by atomic mass is 10.2. The molecule has 1 aliphatic rings. The number of rotatable bonds is 2. The van der Waals surface area contributed by atoms with Gasteiger partial charge in [-0.2, -0.15) is 0 Å². The minimum absolute atomic E-state index is 0.0130. The fraction of sp³-hybridized carbons (Fsp3) is 0.357. The molecule has 0 N–H and O–H groups in total. The smallest absolute Gasteiger partial charge is 0.290 e. The Morgan fingerprint density at radius 1 is 1.44 bits per heavy atom. The van der Waals surface area contributed by atoms with Crippen LogP contribution in [-0.4, -0.2) is 17.4 Å². The Balaban J connectivity index is 1.85. The molecule has 18 heavy (non-hydrogen) atoms. The fourth-order valence-corrected chi connectivity index (χ4v) is 3.35. The van der Waals surface area contributed by atoms with Crippen LogP contribution in [0.5, 0.6) is 0 Å². The first-order valence-electron chi connectivity index (χ1n) is 6.16. The molecule has 2 aromatic rings. The van der Waals surface area contributed by atoms with Crippen LogP contribution in [0.15, 0.2) is 34.1 Å². The van der Waals surface area contributed by atoms with Gasteiger partial charge < -0.3 is 9.32 Å². The Morgan fingerprint density at radius 2 is 2.33 bits per heavy atom. The Labute approximate surface area is 110 Å². The molecule has 0 bridgehead atoms. The first-order chi connectivity index (χ1) is 8.75. The molecule has 4 heteroatoms. The molecule has 0 aliphatic carbocycles. The van der Waals surface area contributed by atoms with Gasteiger partial charge in [0, 0.05) is 11.4 Å². The van der Waals surface area contributed by atoms with Crippen LogP contribution in [0.4, 0.5) is 0 Å². The van der Waals surface area contributed by atoms with E-state index in [0.29, 0.717) is 5.76 Å². The molecule has 2 aromatic heterocycles. The summed E-state index contributed by atoms with van der Waals surface area (Å²) in [6.07, 6.45) is 2.11. The second kappa shape index (κ2) is 4.61. The van der Waals surface area contributed by atoms with Crippen LogP contribution in [0.25, 0.3) is 0 Å². The lowest BCUT2D eigenvalue weighted by Gasteiger charge is -2.22. The number of carbonyl (C=O) groups excluding carboxylic acids is 1. The van der Waals surface area contributed by atoms with Crippen molar-refractivity contribution in [3.8, 4) is 0 Å². The average molecular weight is 261 g/mol. The van der Waals surface area contributed by atoms with Crippen LogP contribution in [0.2, 0.25) is 0 Å². The summed E-state index contributed by atoms with van der Waals surface area (Å²) < 4.78 is 5.44. The van der Waals surface area contributed by atoms with Gasteiger partial charge in [-0.05, 0) is 43.3 Å². The molecule has 3 rings (SSSR count).